The van der Waals surface area contributed by atoms with Gasteiger partial charge in [-0.3, -0.25) is 0 Å². The molecule has 0 saturated carbocycles. The van der Waals surface area contributed by atoms with Gasteiger partial charge in [-0.05, 0) is 19.9 Å². The van der Waals surface area contributed by atoms with Crippen LogP contribution in [-0.2, 0) is 0 Å². The molecule has 0 radical (unpaired) electrons. The van der Waals surface area contributed by atoms with Crippen molar-refractivity contribution >= 4 is 29.0 Å². The highest BCUT2D eigenvalue weighted by Gasteiger charge is 2.09. The fourth-order valence-electron chi connectivity index (χ4n) is 1.16. The molecule has 0 aliphatic heterocycles. The average Bonchev–Trinajstić information content (AvgIpc) is 2.24. The van der Waals surface area contributed by atoms with Crippen LogP contribution in [0.2, 0.25) is 10.0 Å². The maximum Gasteiger partial charge on any atom is 0.234 e. The molecular weight excluding hydrogens is 259 g/mol. The molecule has 1 aromatic rings. The zero-order valence-corrected chi connectivity index (χ0v) is 11.5. The van der Waals surface area contributed by atoms with E-state index in [0.29, 0.717) is 28.3 Å². The summed E-state index contributed by atoms with van der Waals surface area (Å²) in [4.78, 5) is 4.23. The minimum atomic E-state index is 0.397. The van der Waals surface area contributed by atoms with Gasteiger partial charge in [0.1, 0.15) is 10.8 Å². The maximum absolute atomic E-state index is 5.99. The fourth-order valence-corrected chi connectivity index (χ4v) is 1.64. The van der Waals surface area contributed by atoms with Gasteiger partial charge in [-0.25, -0.2) is 0 Å². The molecule has 5 heteroatoms. The van der Waals surface area contributed by atoms with E-state index in [0.717, 1.165) is 18.5 Å². The third-order valence-electron chi connectivity index (χ3n) is 2.01. The highest BCUT2D eigenvalue weighted by molar-refractivity contribution is 6.36. The highest BCUT2D eigenvalue weighted by atomic mass is 35.5. The molecule has 1 rings (SSSR count). The van der Waals surface area contributed by atoms with Crippen molar-refractivity contribution in [3.63, 3.8) is 0 Å². The first-order chi connectivity index (χ1) is 8.04. The topological polar surface area (TPSA) is 34.1 Å². The Balaban J connectivity index is 2.76. The predicted octanol–water partition coefficient (Wildman–Crippen LogP) is 4.17. The summed E-state index contributed by atoms with van der Waals surface area (Å²) < 4.78 is 5.49. The monoisotopic (exact) mass is 274 g/mol. The Morgan fingerprint density at radius 1 is 1.47 bits per heavy atom. The van der Waals surface area contributed by atoms with Gasteiger partial charge in [0.2, 0.25) is 5.88 Å². The van der Waals surface area contributed by atoms with E-state index in [1.165, 1.54) is 0 Å². The molecule has 94 valence electrons. The summed E-state index contributed by atoms with van der Waals surface area (Å²) >= 11 is 12.0. The first-order valence-electron chi connectivity index (χ1n) is 5.41. The Labute approximate surface area is 112 Å². The number of nitrogens with one attached hydrogen (secondary N) is 1. The number of pyridine rings is 1. The van der Waals surface area contributed by atoms with E-state index in [4.69, 9.17) is 27.9 Å². The molecule has 0 saturated heterocycles. The molecule has 1 aromatic heterocycles. The van der Waals surface area contributed by atoms with Crippen LogP contribution in [0.4, 0.5) is 5.82 Å². The van der Waals surface area contributed by atoms with Gasteiger partial charge in [0.05, 0.1) is 11.6 Å². The second-order valence-electron chi connectivity index (χ2n) is 3.69. The molecular formula is C12H16Cl2N2O. The van der Waals surface area contributed by atoms with E-state index < -0.39 is 0 Å². The van der Waals surface area contributed by atoms with E-state index in [-0.39, 0.29) is 0 Å². The molecule has 0 aliphatic rings. The van der Waals surface area contributed by atoms with Crippen molar-refractivity contribution in [1.82, 2.24) is 4.98 Å². The average molecular weight is 275 g/mol. The zero-order valence-electron chi connectivity index (χ0n) is 10.0. The standard InChI is InChI=1S/C12H16Cl2N2O/c1-4-15-11-9(13)7-10(14)12(16-11)17-6-5-8(2)3/h7H,2,4-6H2,1,3H3,(H,15,16). The molecule has 1 heterocycles. The lowest BCUT2D eigenvalue weighted by Gasteiger charge is -2.11. The quantitative estimate of drug-likeness (QED) is 0.791. The maximum atomic E-state index is 5.99. The third kappa shape index (κ3) is 4.44. The van der Waals surface area contributed by atoms with Gasteiger partial charge < -0.3 is 10.1 Å². The molecule has 0 bridgehead atoms. The number of rotatable bonds is 6. The van der Waals surface area contributed by atoms with Crippen molar-refractivity contribution in [2.75, 3.05) is 18.5 Å². The van der Waals surface area contributed by atoms with E-state index in [9.17, 15) is 0 Å². The summed E-state index contributed by atoms with van der Waals surface area (Å²) in [5, 5.41) is 3.95. The van der Waals surface area contributed by atoms with Crippen molar-refractivity contribution in [2.45, 2.75) is 20.3 Å². The normalized spacial score (nSPS) is 10.1. The summed E-state index contributed by atoms with van der Waals surface area (Å²) in [5.74, 6) is 0.983. The van der Waals surface area contributed by atoms with Crippen molar-refractivity contribution in [1.29, 1.82) is 0 Å². The van der Waals surface area contributed by atoms with E-state index in [1.54, 1.807) is 6.07 Å². The van der Waals surface area contributed by atoms with Crippen LogP contribution in [0.1, 0.15) is 20.3 Å². The lowest BCUT2D eigenvalue weighted by molar-refractivity contribution is 0.310. The van der Waals surface area contributed by atoms with Crippen LogP contribution in [-0.4, -0.2) is 18.1 Å². The molecule has 0 atom stereocenters. The minimum Gasteiger partial charge on any atom is -0.476 e. The minimum absolute atomic E-state index is 0.397. The van der Waals surface area contributed by atoms with Crippen LogP contribution >= 0.6 is 23.2 Å². The Bertz CT molecular complexity index is 408. The fraction of sp³-hybridized carbons (Fsp3) is 0.417. The van der Waals surface area contributed by atoms with Gasteiger partial charge in [0.25, 0.3) is 0 Å². The van der Waals surface area contributed by atoms with Crippen LogP contribution in [0.25, 0.3) is 0 Å². The Morgan fingerprint density at radius 3 is 2.76 bits per heavy atom. The van der Waals surface area contributed by atoms with Crippen molar-refractivity contribution < 1.29 is 4.74 Å². The molecule has 0 amide bonds. The van der Waals surface area contributed by atoms with Gasteiger partial charge in [0, 0.05) is 13.0 Å². The zero-order chi connectivity index (χ0) is 12.8. The predicted molar refractivity (Wildman–Crippen MR) is 73.3 cm³/mol. The Kier molecular flexibility index (Phi) is 5.59. The van der Waals surface area contributed by atoms with E-state index >= 15 is 0 Å². The van der Waals surface area contributed by atoms with Gasteiger partial charge >= 0.3 is 0 Å². The largest absolute Gasteiger partial charge is 0.476 e. The molecule has 0 fully saturated rings. The van der Waals surface area contributed by atoms with Crippen LogP contribution in [0.3, 0.4) is 0 Å². The van der Waals surface area contributed by atoms with E-state index in [2.05, 4.69) is 16.9 Å². The highest BCUT2D eigenvalue weighted by Crippen LogP contribution is 2.30. The number of nitrogens with zero attached hydrogens (tertiary/aromatic N) is 1. The van der Waals surface area contributed by atoms with Gasteiger partial charge in [-0.2, -0.15) is 4.98 Å². The summed E-state index contributed by atoms with van der Waals surface area (Å²) in [6.45, 7) is 8.96. The second-order valence-corrected chi connectivity index (χ2v) is 4.51. The molecule has 17 heavy (non-hydrogen) atoms. The first-order valence-corrected chi connectivity index (χ1v) is 6.17. The van der Waals surface area contributed by atoms with Gasteiger partial charge in [0.15, 0.2) is 0 Å². The number of aromatic nitrogens is 1. The summed E-state index contributed by atoms with van der Waals surface area (Å²) in [7, 11) is 0. The van der Waals surface area contributed by atoms with Crippen LogP contribution < -0.4 is 10.1 Å². The number of anilines is 1. The van der Waals surface area contributed by atoms with Crippen LogP contribution in [0.5, 0.6) is 5.88 Å². The number of hydrogen-bond acceptors (Lipinski definition) is 3. The summed E-state index contributed by atoms with van der Waals surface area (Å²) in [5.41, 5.74) is 1.06. The summed E-state index contributed by atoms with van der Waals surface area (Å²) in [6.07, 6.45) is 0.775. The van der Waals surface area contributed by atoms with Crippen LogP contribution in [0, 0.1) is 0 Å². The molecule has 0 aliphatic carbocycles. The second kappa shape index (κ2) is 6.72. The lowest BCUT2D eigenvalue weighted by Crippen LogP contribution is -2.04. The lowest BCUT2D eigenvalue weighted by atomic mass is 10.3. The first kappa shape index (κ1) is 14.1. The number of halogens is 2. The smallest absolute Gasteiger partial charge is 0.234 e. The molecule has 1 N–H and O–H groups in total. The van der Waals surface area contributed by atoms with Gasteiger partial charge in [-0.15, -0.1) is 6.58 Å². The summed E-state index contributed by atoms with van der Waals surface area (Å²) in [6, 6.07) is 1.63. The van der Waals surface area contributed by atoms with Crippen molar-refractivity contribution in [3.05, 3.63) is 28.3 Å². The Hall–Kier alpha value is -0.930. The molecule has 3 nitrogen and oxygen atoms in total. The van der Waals surface area contributed by atoms with Crippen molar-refractivity contribution in [2.24, 2.45) is 0 Å². The third-order valence-corrected chi connectivity index (χ3v) is 2.57. The van der Waals surface area contributed by atoms with Crippen molar-refractivity contribution in [3.8, 4) is 5.88 Å². The van der Waals surface area contributed by atoms with E-state index in [1.807, 2.05) is 13.8 Å². The number of hydrogen-bond donors (Lipinski definition) is 1. The number of ether oxygens (including phenoxy) is 1. The van der Waals surface area contributed by atoms with Gasteiger partial charge in [-0.1, -0.05) is 28.8 Å². The molecule has 0 unspecified atom stereocenters. The molecule has 0 aromatic carbocycles. The Morgan fingerprint density at radius 2 is 2.18 bits per heavy atom. The SMILES string of the molecule is C=C(C)CCOc1nc(NCC)c(Cl)cc1Cl. The van der Waals surface area contributed by atoms with Crippen LogP contribution in [0.15, 0.2) is 18.2 Å². The molecule has 0 spiro atoms.